The lowest BCUT2D eigenvalue weighted by atomic mass is 10.1. The van der Waals surface area contributed by atoms with E-state index < -0.39 is 0 Å². The molecule has 1 atom stereocenters. The second-order valence-corrected chi connectivity index (χ2v) is 4.91. The number of benzene rings is 1. The lowest BCUT2D eigenvalue weighted by Crippen LogP contribution is -2.00. The third kappa shape index (κ3) is 3.37. The summed E-state index contributed by atoms with van der Waals surface area (Å²) in [6.07, 6.45) is 1.41. The van der Waals surface area contributed by atoms with Gasteiger partial charge in [0.05, 0.1) is 5.56 Å². The minimum absolute atomic E-state index is 0.141. The van der Waals surface area contributed by atoms with Gasteiger partial charge in [-0.05, 0) is 18.6 Å². The van der Waals surface area contributed by atoms with Crippen LogP contribution >= 0.6 is 11.8 Å². The molecule has 0 aromatic heterocycles. The molecule has 0 aliphatic rings. The van der Waals surface area contributed by atoms with Crippen molar-refractivity contribution in [2.75, 3.05) is 6.61 Å². The van der Waals surface area contributed by atoms with Crippen LogP contribution < -0.4 is 0 Å². The van der Waals surface area contributed by atoms with Crippen LogP contribution in [0.3, 0.4) is 0 Å². The summed E-state index contributed by atoms with van der Waals surface area (Å²) in [5.74, 6) is 0. The Hall–Kier alpha value is -1.31. The molecular weight excluding hydrogens is 222 g/mol. The van der Waals surface area contributed by atoms with Crippen molar-refractivity contribution in [3.8, 4) is 6.07 Å². The maximum Gasteiger partial charge on any atom is 0.150 e. The molecule has 1 unspecified atom stereocenters. The topological polar surface area (TPSA) is 61.1 Å². The van der Waals surface area contributed by atoms with E-state index in [1.807, 2.05) is 6.92 Å². The van der Waals surface area contributed by atoms with E-state index >= 15 is 0 Å². The molecule has 0 amide bonds. The Kier molecular flexibility index (Phi) is 5.03. The maximum atomic E-state index is 10.6. The Labute approximate surface area is 99.1 Å². The molecule has 1 rings (SSSR count). The van der Waals surface area contributed by atoms with E-state index in [-0.39, 0.29) is 11.9 Å². The van der Waals surface area contributed by atoms with Crippen molar-refractivity contribution < 1.29 is 9.90 Å². The zero-order valence-electron chi connectivity index (χ0n) is 9.01. The van der Waals surface area contributed by atoms with Crippen LogP contribution in [-0.2, 0) is 0 Å². The molecule has 1 N–H and O–H groups in total. The van der Waals surface area contributed by atoms with E-state index in [2.05, 4.69) is 6.07 Å². The zero-order chi connectivity index (χ0) is 12.0. The Bertz CT molecular complexity index is 412. The van der Waals surface area contributed by atoms with Gasteiger partial charge in [-0.2, -0.15) is 5.26 Å². The first-order valence-corrected chi connectivity index (χ1v) is 5.86. The van der Waals surface area contributed by atoms with Crippen LogP contribution in [0.2, 0.25) is 0 Å². The Morgan fingerprint density at radius 1 is 1.62 bits per heavy atom. The number of nitriles is 1. The number of rotatable bonds is 5. The Morgan fingerprint density at radius 2 is 2.38 bits per heavy atom. The molecular formula is C12H13NO2S. The largest absolute Gasteiger partial charge is 0.396 e. The first-order valence-electron chi connectivity index (χ1n) is 4.98. The highest BCUT2D eigenvalue weighted by molar-refractivity contribution is 8.00. The average molecular weight is 235 g/mol. The van der Waals surface area contributed by atoms with Crippen LogP contribution in [0.1, 0.15) is 29.3 Å². The molecule has 0 aliphatic carbocycles. The van der Waals surface area contributed by atoms with Crippen LogP contribution in [0.5, 0.6) is 0 Å². The lowest BCUT2D eigenvalue weighted by molar-refractivity contribution is 0.112. The Balaban J connectivity index is 2.88. The molecule has 0 saturated heterocycles. The molecule has 0 radical (unpaired) electrons. The summed E-state index contributed by atoms with van der Waals surface area (Å²) in [5, 5.41) is 18.0. The number of aldehydes is 1. The number of nitrogens with zero attached hydrogens (tertiary/aromatic N) is 1. The van der Waals surface area contributed by atoms with Crippen molar-refractivity contribution in [3.63, 3.8) is 0 Å². The van der Waals surface area contributed by atoms with Gasteiger partial charge < -0.3 is 5.11 Å². The smallest absolute Gasteiger partial charge is 0.150 e. The van der Waals surface area contributed by atoms with E-state index in [9.17, 15) is 4.79 Å². The predicted octanol–water partition coefficient (Wildman–Crippen LogP) is 2.23. The van der Waals surface area contributed by atoms with Crippen LogP contribution in [0.25, 0.3) is 0 Å². The summed E-state index contributed by atoms with van der Waals surface area (Å²) in [7, 11) is 0. The Morgan fingerprint density at radius 3 is 2.94 bits per heavy atom. The van der Waals surface area contributed by atoms with Crippen LogP contribution in [0, 0.1) is 11.3 Å². The monoisotopic (exact) mass is 235 g/mol. The van der Waals surface area contributed by atoms with E-state index in [1.54, 1.807) is 30.0 Å². The second kappa shape index (κ2) is 6.31. The molecule has 0 fully saturated rings. The summed E-state index contributed by atoms with van der Waals surface area (Å²) in [6.45, 7) is 2.14. The normalized spacial score (nSPS) is 11.8. The molecule has 1 aromatic rings. The molecule has 1 aromatic carbocycles. The standard InChI is InChI=1S/C12H13NO2S/c1-9(4-5-14)16-12-3-2-10(8-15)6-11(12)7-13/h2-3,6,8-9,14H,4-5H2,1H3. The first-order chi connectivity index (χ1) is 7.71. The highest BCUT2D eigenvalue weighted by Gasteiger charge is 2.08. The molecule has 0 heterocycles. The molecule has 4 heteroatoms. The number of hydrogen-bond donors (Lipinski definition) is 1. The summed E-state index contributed by atoms with van der Waals surface area (Å²) in [4.78, 5) is 11.4. The fourth-order valence-electron chi connectivity index (χ4n) is 1.27. The number of aliphatic hydroxyl groups is 1. The van der Waals surface area contributed by atoms with Crippen molar-refractivity contribution in [1.82, 2.24) is 0 Å². The molecule has 0 aliphatic heterocycles. The number of carbonyl (C=O) groups is 1. The summed E-state index contributed by atoms with van der Waals surface area (Å²) >= 11 is 1.54. The number of carbonyl (C=O) groups excluding carboxylic acids is 1. The zero-order valence-corrected chi connectivity index (χ0v) is 9.83. The van der Waals surface area contributed by atoms with Gasteiger partial charge in [0.2, 0.25) is 0 Å². The van der Waals surface area contributed by atoms with Gasteiger partial charge in [-0.15, -0.1) is 11.8 Å². The SMILES string of the molecule is CC(CCO)Sc1ccc(C=O)cc1C#N. The van der Waals surface area contributed by atoms with Gasteiger partial charge in [0.15, 0.2) is 0 Å². The summed E-state index contributed by atoms with van der Waals surface area (Å²) in [5.41, 5.74) is 1.02. The van der Waals surface area contributed by atoms with Gasteiger partial charge in [0, 0.05) is 22.3 Å². The molecule has 16 heavy (non-hydrogen) atoms. The quantitative estimate of drug-likeness (QED) is 0.628. The maximum absolute atomic E-state index is 10.6. The summed E-state index contributed by atoms with van der Waals surface area (Å²) < 4.78 is 0. The molecule has 3 nitrogen and oxygen atoms in total. The van der Waals surface area contributed by atoms with Gasteiger partial charge in [-0.3, -0.25) is 4.79 Å². The van der Waals surface area contributed by atoms with E-state index in [4.69, 9.17) is 10.4 Å². The lowest BCUT2D eigenvalue weighted by Gasteiger charge is -2.10. The van der Waals surface area contributed by atoms with Crippen molar-refractivity contribution in [3.05, 3.63) is 29.3 Å². The molecule has 0 saturated carbocycles. The third-order valence-electron chi connectivity index (χ3n) is 2.12. The van der Waals surface area contributed by atoms with Crippen LogP contribution in [0.4, 0.5) is 0 Å². The second-order valence-electron chi connectivity index (χ2n) is 3.43. The molecule has 0 spiro atoms. The predicted molar refractivity (Wildman–Crippen MR) is 63.6 cm³/mol. The van der Waals surface area contributed by atoms with Gasteiger partial charge >= 0.3 is 0 Å². The molecule has 84 valence electrons. The molecule has 0 bridgehead atoms. The van der Waals surface area contributed by atoms with Crippen LogP contribution in [0.15, 0.2) is 23.1 Å². The number of thioether (sulfide) groups is 1. The van der Waals surface area contributed by atoms with Crippen LogP contribution in [-0.4, -0.2) is 23.2 Å². The third-order valence-corrected chi connectivity index (χ3v) is 3.37. The minimum atomic E-state index is 0.141. The highest BCUT2D eigenvalue weighted by Crippen LogP contribution is 2.28. The highest BCUT2D eigenvalue weighted by atomic mass is 32.2. The van der Waals surface area contributed by atoms with Gasteiger partial charge in [-0.1, -0.05) is 13.0 Å². The number of aliphatic hydroxyl groups excluding tert-OH is 1. The van der Waals surface area contributed by atoms with Crippen molar-refractivity contribution in [2.45, 2.75) is 23.5 Å². The van der Waals surface area contributed by atoms with E-state index in [0.717, 1.165) is 11.2 Å². The van der Waals surface area contributed by atoms with E-state index in [1.165, 1.54) is 0 Å². The van der Waals surface area contributed by atoms with Gasteiger partial charge in [-0.25, -0.2) is 0 Å². The summed E-state index contributed by atoms with van der Waals surface area (Å²) in [6, 6.07) is 7.13. The minimum Gasteiger partial charge on any atom is -0.396 e. The van der Waals surface area contributed by atoms with Crippen molar-refractivity contribution >= 4 is 18.0 Å². The average Bonchev–Trinajstić information content (AvgIpc) is 2.30. The number of hydrogen-bond acceptors (Lipinski definition) is 4. The fraction of sp³-hybridized carbons (Fsp3) is 0.333. The van der Waals surface area contributed by atoms with Crippen molar-refractivity contribution in [1.29, 1.82) is 5.26 Å². The fourth-order valence-corrected chi connectivity index (χ4v) is 2.30. The van der Waals surface area contributed by atoms with Crippen molar-refractivity contribution in [2.24, 2.45) is 0 Å². The first kappa shape index (κ1) is 12.8. The van der Waals surface area contributed by atoms with Gasteiger partial charge in [0.1, 0.15) is 12.4 Å². The van der Waals surface area contributed by atoms with E-state index in [0.29, 0.717) is 17.5 Å². The van der Waals surface area contributed by atoms with Gasteiger partial charge in [0.25, 0.3) is 0 Å².